The normalized spacial score (nSPS) is 17.7. The molecule has 0 saturated carbocycles. The Kier molecular flexibility index (Phi) is 3.60. The lowest BCUT2D eigenvalue weighted by atomic mass is 9.86. The zero-order valence-corrected chi connectivity index (χ0v) is 12.1. The van der Waals surface area contributed by atoms with Gasteiger partial charge in [-0.15, -0.1) is 0 Å². The highest BCUT2D eigenvalue weighted by atomic mass is 35.5. The van der Waals surface area contributed by atoms with Crippen LogP contribution in [0.15, 0.2) is 36.5 Å². The molecule has 1 aliphatic heterocycles. The highest BCUT2D eigenvalue weighted by Gasteiger charge is 2.38. The average molecular weight is 341 g/mol. The molecular weight excluding hydrogens is 333 g/mol. The Labute approximate surface area is 133 Å². The maximum Gasteiger partial charge on any atom is 0.417 e. The van der Waals surface area contributed by atoms with Gasteiger partial charge < -0.3 is 0 Å². The number of carbonyl (C=O) groups is 2. The molecule has 0 saturated heterocycles. The summed E-state index contributed by atoms with van der Waals surface area (Å²) >= 11 is 5.78. The molecule has 2 aromatic rings. The SMILES string of the molecule is O=C1NC(=O)C(c2ccc(Cl)cc2)c2cc(C(F)(F)F)cnc21. The monoisotopic (exact) mass is 340 g/mol. The molecular formula is C15H8ClF3N2O2. The molecule has 0 radical (unpaired) electrons. The molecule has 4 nitrogen and oxygen atoms in total. The molecule has 2 heterocycles. The minimum absolute atomic E-state index is 0.0732. The van der Waals surface area contributed by atoms with Crippen molar-refractivity contribution < 1.29 is 22.8 Å². The zero-order valence-electron chi connectivity index (χ0n) is 11.3. The topological polar surface area (TPSA) is 59.1 Å². The van der Waals surface area contributed by atoms with Crippen molar-refractivity contribution in [2.24, 2.45) is 0 Å². The number of rotatable bonds is 1. The van der Waals surface area contributed by atoms with Gasteiger partial charge in [-0.3, -0.25) is 19.9 Å². The van der Waals surface area contributed by atoms with E-state index in [9.17, 15) is 22.8 Å². The van der Waals surface area contributed by atoms with Crippen LogP contribution in [-0.2, 0) is 11.0 Å². The quantitative estimate of drug-likeness (QED) is 0.811. The van der Waals surface area contributed by atoms with E-state index in [1.165, 1.54) is 24.3 Å². The molecule has 8 heteroatoms. The predicted molar refractivity (Wildman–Crippen MR) is 75.0 cm³/mol. The van der Waals surface area contributed by atoms with Crippen LogP contribution >= 0.6 is 11.6 Å². The molecule has 0 bridgehead atoms. The Bertz CT molecular complexity index is 803. The van der Waals surface area contributed by atoms with Crippen LogP contribution in [0.1, 0.15) is 33.1 Å². The minimum Gasteiger partial charge on any atom is -0.290 e. The lowest BCUT2D eigenvalue weighted by molar-refractivity contribution is -0.138. The van der Waals surface area contributed by atoms with Crippen LogP contribution < -0.4 is 5.32 Å². The molecule has 118 valence electrons. The number of halogens is 4. The summed E-state index contributed by atoms with van der Waals surface area (Å²) in [5.74, 6) is -2.58. The number of fused-ring (bicyclic) bond motifs is 1. The second kappa shape index (κ2) is 5.34. The number of nitrogens with zero attached hydrogens (tertiary/aromatic N) is 1. The van der Waals surface area contributed by atoms with E-state index < -0.39 is 29.5 Å². The summed E-state index contributed by atoms with van der Waals surface area (Å²) in [7, 11) is 0. The van der Waals surface area contributed by atoms with Gasteiger partial charge in [-0.2, -0.15) is 13.2 Å². The van der Waals surface area contributed by atoms with Crippen molar-refractivity contribution in [1.82, 2.24) is 10.3 Å². The summed E-state index contributed by atoms with van der Waals surface area (Å²) in [6.45, 7) is 0. The van der Waals surface area contributed by atoms with Gasteiger partial charge in [0.15, 0.2) is 0 Å². The van der Waals surface area contributed by atoms with Gasteiger partial charge in [0.2, 0.25) is 5.91 Å². The van der Waals surface area contributed by atoms with Crippen LogP contribution in [0.2, 0.25) is 5.02 Å². The second-order valence-corrected chi connectivity index (χ2v) is 5.40. The van der Waals surface area contributed by atoms with E-state index in [2.05, 4.69) is 10.3 Å². The van der Waals surface area contributed by atoms with Crippen molar-refractivity contribution >= 4 is 23.4 Å². The van der Waals surface area contributed by atoms with Crippen molar-refractivity contribution in [3.05, 3.63) is 63.9 Å². The van der Waals surface area contributed by atoms with E-state index in [4.69, 9.17) is 11.6 Å². The molecule has 1 atom stereocenters. The number of alkyl halides is 3. The summed E-state index contributed by atoms with van der Waals surface area (Å²) in [5, 5.41) is 2.52. The Morgan fingerprint density at radius 2 is 1.78 bits per heavy atom. The predicted octanol–water partition coefficient (Wildman–Crippen LogP) is 3.16. The third kappa shape index (κ3) is 2.79. The van der Waals surface area contributed by atoms with Crippen molar-refractivity contribution in [2.45, 2.75) is 12.1 Å². The lowest BCUT2D eigenvalue weighted by Crippen LogP contribution is -2.41. The summed E-state index contributed by atoms with van der Waals surface area (Å²) in [6.07, 6.45) is -4.04. The van der Waals surface area contributed by atoms with Crippen LogP contribution in [0.5, 0.6) is 0 Å². The van der Waals surface area contributed by atoms with Gasteiger partial charge in [0.1, 0.15) is 5.69 Å². The minimum atomic E-state index is -4.62. The van der Waals surface area contributed by atoms with E-state index >= 15 is 0 Å². The highest BCUT2D eigenvalue weighted by molar-refractivity contribution is 6.30. The number of pyridine rings is 1. The van der Waals surface area contributed by atoms with E-state index in [0.29, 0.717) is 16.8 Å². The maximum absolute atomic E-state index is 12.9. The van der Waals surface area contributed by atoms with Gasteiger partial charge in [-0.05, 0) is 23.8 Å². The molecule has 2 amide bonds. The molecule has 0 spiro atoms. The maximum atomic E-state index is 12.9. The number of hydrogen-bond donors (Lipinski definition) is 1. The first-order valence-corrected chi connectivity index (χ1v) is 6.83. The van der Waals surface area contributed by atoms with Crippen molar-refractivity contribution in [2.75, 3.05) is 0 Å². The van der Waals surface area contributed by atoms with E-state index in [1.54, 1.807) is 0 Å². The molecule has 1 aromatic heterocycles. The first-order valence-electron chi connectivity index (χ1n) is 6.45. The number of nitrogens with one attached hydrogen (secondary N) is 1. The van der Waals surface area contributed by atoms with Crippen LogP contribution in [0.25, 0.3) is 0 Å². The highest BCUT2D eigenvalue weighted by Crippen LogP contribution is 2.35. The number of amides is 2. The van der Waals surface area contributed by atoms with Crippen LogP contribution in [0.4, 0.5) is 13.2 Å². The van der Waals surface area contributed by atoms with Crippen molar-refractivity contribution in [1.29, 1.82) is 0 Å². The summed E-state index contributed by atoms with van der Waals surface area (Å²) in [6, 6.07) is 6.86. The number of imide groups is 1. The van der Waals surface area contributed by atoms with Gasteiger partial charge in [-0.1, -0.05) is 23.7 Å². The number of hydrogen-bond acceptors (Lipinski definition) is 3. The van der Waals surface area contributed by atoms with Crippen LogP contribution in [0.3, 0.4) is 0 Å². The van der Waals surface area contributed by atoms with Crippen LogP contribution in [0, 0.1) is 0 Å². The van der Waals surface area contributed by atoms with E-state index in [0.717, 1.165) is 6.07 Å². The Hall–Kier alpha value is -2.41. The van der Waals surface area contributed by atoms with Crippen LogP contribution in [-0.4, -0.2) is 16.8 Å². The molecule has 1 N–H and O–H groups in total. The number of benzene rings is 1. The molecule has 1 aliphatic rings. The van der Waals surface area contributed by atoms with Gasteiger partial charge in [0.05, 0.1) is 11.5 Å². The average Bonchev–Trinajstić information content (AvgIpc) is 2.47. The third-order valence-corrected chi connectivity index (χ3v) is 3.72. The first kappa shape index (κ1) is 15.5. The van der Waals surface area contributed by atoms with Gasteiger partial charge in [0, 0.05) is 16.8 Å². The van der Waals surface area contributed by atoms with E-state index in [-0.39, 0.29) is 11.3 Å². The number of carbonyl (C=O) groups excluding carboxylic acids is 2. The smallest absolute Gasteiger partial charge is 0.290 e. The molecule has 23 heavy (non-hydrogen) atoms. The largest absolute Gasteiger partial charge is 0.417 e. The first-order chi connectivity index (χ1) is 10.8. The van der Waals surface area contributed by atoms with Gasteiger partial charge >= 0.3 is 6.18 Å². The lowest BCUT2D eigenvalue weighted by Gasteiger charge is -2.24. The standard InChI is InChI=1S/C15H8ClF3N2O2/c16-9-3-1-7(2-4-9)11-10-5-8(15(17,18)19)6-20-12(10)14(23)21-13(11)22/h1-6,11H,(H,21,22,23). The van der Waals surface area contributed by atoms with Crippen molar-refractivity contribution in [3.8, 4) is 0 Å². The number of aromatic nitrogens is 1. The fourth-order valence-electron chi connectivity index (χ4n) is 2.42. The molecule has 1 aromatic carbocycles. The molecule has 0 fully saturated rings. The fraction of sp³-hybridized carbons (Fsp3) is 0.133. The summed E-state index contributed by atoms with van der Waals surface area (Å²) in [4.78, 5) is 27.5. The second-order valence-electron chi connectivity index (χ2n) is 4.96. The van der Waals surface area contributed by atoms with Crippen molar-refractivity contribution in [3.63, 3.8) is 0 Å². The Morgan fingerprint density at radius 3 is 2.39 bits per heavy atom. The molecule has 0 aliphatic carbocycles. The van der Waals surface area contributed by atoms with Gasteiger partial charge in [0.25, 0.3) is 5.91 Å². The Morgan fingerprint density at radius 1 is 1.13 bits per heavy atom. The third-order valence-electron chi connectivity index (χ3n) is 3.47. The fourth-order valence-corrected chi connectivity index (χ4v) is 2.54. The summed E-state index contributed by atoms with van der Waals surface area (Å²) in [5.41, 5.74) is -0.868. The zero-order chi connectivity index (χ0) is 16.8. The van der Waals surface area contributed by atoms with E-state index in [1.807, 2.05) is 0 Å². The van der Waals surface area contributed by atoms with Gasteiger partial charge in [-0.25, -0.2) is 0 Å². The Balaban J connectivity index is 2.19. The molecule has 1 unspecified atom stereocenters. The molecule has 3 rings (SSSR count). The summed E-state index contributed by atoms with van der Waals surface area (Å²) < 4.78 is 38.7.